The van der Waals surface area contributed by atoms with Crippen LogP contribution in [0.5, 0.6) is 0 Å². The number of hydrogen-bond donors (Lipinski definition) is 1. The second kappa shape index (κ2) is 5.47. The summed E-state index contributed by atoms with van der Waals surface area (Å²) in [6, 6.07) is 0. The van der Waals surface area contributed by atoms with E-state index in [0.717, 1.165) is 39.1 Å². The van der Waals surface area contributed by atoms with Gasteiger partial charge in [0, 0.05) is 19.6 Å². The molecule has 0 atom stereocenters. The van der Waals surface area contributed by atoms with Crippen molar-refractivity contribution in [3.63, 3.8) is 0 Å². The fourth-order valence-electron chi connectivity index (χ4n) is 1.96. The van der Waals surface area contributed by atoms with E-state index in [0.29, 0.717) is 0 Å². The highest BCUT2D eigenvalue weighted by Crippen LogP contribution is 2.19. The highest BCUT2D eigenvalue weighted by atomic mass is 16.5. The molecule has 1 heterocycles. The first-order valence-corrected chi connectivity index (χ1v) is 5.58. The largest absolute Gasteiger partial charge is 0.469 e. The molecule has 4 heteroatoms. The minimum absolute atomic E-state index is 0.125. The van der Waals surface area contributed by atoms with E-state index in [9.17, 15) is 4.79 Å². The third-order valence-corrected chi connectivity index (χ3v) is 2.79. The molecule has 0 spiro atoms. The molecule has 0 aromatic carbocycles. The smallest absolute Gasteiger partial charge is 0.312 e. The molecule has 4 nitrogen and oxygen atoms in total. The summed E-state index contributed by atoms with van der Waals surface area (Å²) in [5.41, 5.74) is -0.404. The van der Waals surface area contributed by atoms with Gasteiger partial charge >= 0.3 is 5.97 Å². The first-order valence-electron chi connectivity index (χ1n) is 5.58. The van der Waals surface area contributed by atoms with Gasteiger partial charge in [-0.2, -0.15) is 0 Å². The number of esters is 1. The molecule has 1 fully saturated rings. The van der Waals surface area contributed by atoms with E-state index in [1.807, 2.05) is 13.8 Å². The SMILES string of the molecule is COC(=O)C(C)(C)CN1CCCNCC1. The summed E-state index contributed by atoms with van der Waals surface area (Å²) < 4.78 is 4.81. The summed E-state index contributed by atoms with van der Waals surface area (Å²) in [4.78, 5) is 13.9. The fraction of sp³-hybridized carbons (Fsp3) is 0.909. The van der Waals surface area contributed by atoms with Crippen LogP contribution in [0.1, 0.15) is 20.3 Å². The average molecular weight is 214 g/mol. The molecule has 0 aromatic rings. The first-order chi connectivity index (χ1) is 7.06. The second-order valence-corrected chi connectivity index (χ2v) is 4.76. The van der Waals surface area contributed by atoms with Gasteiger partial charge in [-0.3, -0.25) is 4.79 Å². The van der Waals surface area contributed by atoms with Crippen LogP contribution in [0.3, 0.4) is 0 Å². The summed E-state index contributed by atoms with van der Waals surface area (Å²) in [5, 5.41) is 3.35. The van der Waals surface area contributed by atoms with Gasteiger partial charge in [0.15, 0.2) is 0 Å². The zero-order chi connectivity index (χ0) is 11.3. The molecule has 0 radical (unpaired) electrons. The molecule has 0 bridgehead atoms. The van der Waals surface area contributed by atoms with Crippen molar-refractivity contribution in [2.24, 2.45) is 5.41 Å². The van der Waals surface area contributed by atoms with E-state index in [4.69, 9.17) is 4.74 Å². The van der Waals surface area contributed by atoms with Crippen molar-refractivity contribution in [2.75, 3.05) is 39.8 Å². The molecule has 1 rings (SSSR count). The highest BCUT2D eigenvalue weighted by molar-refractivity contribution is 5.76. The average Bonchev–Trinajstić information content (AvgIpc) is 2.44. The van der Waals surface area contributed by atoms with Crippen molar-refractivity contribution in [3.8, 4) is 0 Å². The molecule has 1 N–H and O–H groups in total. The van der Waals surface area contributed by atoms with Crippen LogP contribution in [0.2, 0.25) is 0 Å². The maximum absolute atomic E-state index is 11.5. The number of rotatable bonds is 3. The molecular weight excluding hydrogens is 192 g/mol. The lowest BCUT2D eigenvalue weighted by Crippen LogP contribution is -2.41. The maximum Gasteiger partial charge on any atom is 0.312 e. The monoisotopic (exact) mass is 214 g/mol. The third-order valence-electron chi connectivity index (χ3n) is 2.79. The van der Waals surface area contributed by atoms with E-state index in [1.165, 1.54) is 7.11 Å². The molecule has 0 saturated carbocycles. The van der Waals surface area contributed by atoms with Crippen molar-refractivity contribution >= 4 is 5.97 Å². The van der Waals surface area contributed by atoms with Crippen LogP contribution in [0, 0.1) is 5.41 Å². The van der Waals surface area contributed by atoms with Crippen molar-refractivity contribution < 1.29 is 9.53 Å². The highest BCUT2D eigenvalue weighted by Gasteiger charge is 2.31. The van der Waals surface area contributed by atoms with Crippen molar-refractivity contribution in [1.29, 1.82) is 0 Å². The summed E-state index contributed by atoms with van der Waals surface area (Å²) in [6.07, 6.45) is 1.15. The van der Waals surface area contributed by atoms with E-state index in [1.54, 1.807) is 0 Å². The maximum atomic E-state index is 11.5. The van der Waals surface area contributed by atoms with Crippen LogP contribution in [0.25, 0.3) is 0 Å². The van der Waals surface area contributed by atoms with Gasteiger partial charge in [0.2, 0.25) is 0 Å². The second-order valence-electron chi connectivity index (χ2n) is 4.76. The van der Waals surface area contributed by atoms with E-state index in [2.05, 4.69) is 10.2 Å². The zero-order valence-corrected chi connectivity index (χ0v) is 10.0. The number of methoxy groups -OCH3 is 1. The topological polar surface area (TPSA) is 41.6 Å². The Bertz CT molecular complexity index is 209. The van der Waals surface area contributed by atoms with Crippen molar-refractivity contribution in [2.45, 2.75) is 20.3 Å². The number of ether oxygens (including phenoxy) is 1. The lowest BCUT2D eigenvalue weighted by Gasteiger charge is -2.29. The molecular formula is C11H22N2O2. The Morgan fingerprint density at radius 3 is 2.80 bits per heavy atom. The predicted molar refractivity (Wildman–Crippen MR) is 59.7 cm³/mol. The Balaban J connectivity index is 2.47. The summed E-state index contributed by atoms with van der Waals surface area (Å²) in [7, 11) is 1.45. The van der Waals surface area contributed by atoms with Gasteiger partial charge in [0.05, 0.1) is 12.5 Å². The van der Waals surface area contributed by atoms with Gasteiger partial charge in [-0.25, -0.2) is 0 Å². The van der Waals surface area contributed by atoms with Crippen molar-refractivity contribution in [1.82, 2.24) is 10.2 Å². The molecule has 1 saturated heterocycles. The molecule has 1 aliphatic heterocycles. The number of nitrogens with one attached hydrogen (secondary N) is 1. The van der Waals surface area contributed by atoms with Crippen LogP contribution >= 0.6 is 0 Å². The lowest BCUT2D eigenvalue weighted by atomic mass is 9.93. The van der Waals surface area contributed by atoms with Gasteiger partial charge < -0.3 is 15.0 Å². The van der Waals surface area contributed by atoms with E-state index >= 15 is 0 Å². The Hall–Kier alpha value is -0.610. The number of hydrogen-bond acceptors (Lipinski definition) is 4. The molecule has 0 aromatic heterocycles. The molecule has 15 heavy (non-hydrogen) atoms. The van der Waals surface area contributed by atoms with Gasteiger partial charge in [0.1, 0.15) is 0 Å². The van der Waals surface area contributed by atoms with Gasteiger partial charge in [-0.05, 0) is 33.4 Å². The molecule has 88 valence electrons. The summed E-state index contributed by atoms with van der Waals surface area (Å²) >= 11 is 0. The van der Waals surface area contributed by atoms with Gasteiger partial charge in [0.25, 0.3) is 0 Å². The quantitative estimate of drug-likeness (QED) is 0.694. The van der Waals surface area contributed by atoms with Gasteiger partial charge in [-0.15, -0.1) is 0 Å². The van der Waals surface area contributed by atoms with Crippen LogP contribution in [0.4, 0.5) is 0 Å². The number of carbonyl (C=O) groups is 1. The Kier molecular flexibility index (Phi) is 4.54. The number of carbonyl (C=O) groups excluding carboxylic acids is 1. The van der Waals surface area contributed by atoms with E-state index in [-0.39, 0.29) is 5.97 Å². The molecule has 1 aliphatic rings. The minimum Gasteiger partial charge on any atom is -0.469 e. The van der Waals surface area contributed by atoms with E-state index < -0.39 is 5.41 Å². The number of nitrogens with zero attached hydrogens (tertiary/aromatic N) is 1. The predicted octanol–water partition coefficient (Wildman–Crippen LogP) is 0.481. The molecule has 0 unspecified atom stereocenters. The first kappa shape index (κ1) is 12.5. The Morgan fingerprint density at radius 2 is 2.13 bits per heavy atom. The summed E-state index contributed by atoms with van der Waals surface area (Å²) in [6.45, 7) is 8.83. The minimum atomic E-state index is -0.404. The zero-order valence-electron chi connectivity index (χ0n) is 10.0. The van der Waals surface area contributed by atoms with Crippen LogP contribution in [0.15, 0.2) is 0 Å². The van der Waals surface area contributed by atoms with Crippen LogP contribution < -0.4 is 5.32 Å². The lowest BCUT2D eigenvalue weighted by molar-refractivity contribution is -0.151. The fourth-order valence-corrected chi connectivity index (χ4v) is 1.96. The van der Waals surface area contributed by atoms with Crippen molar-refractivity contribution in [3.05, 3.63) is 0 Å². The molecule has 0 aliphatic carbocycles. The standard InChI is InChI=1S/C11H22N2O2/c1-11(2,10(14)15-3)9-13-7-4-5-12-6-8-13/h12H,4-9H2,1-3H3. The summed E-state index contributed by atoms with van der Waals surface area (Å²) in [5.74, 6) is -0.125. The molecule has 0 amide bonds. The van der Waals surface area contributed by atoms with Crippen LogP contribution in [-0.2, 0) is 9.53 Å². The van der Waals surface area contributed by atoms with Gasteiger partial charge in [-0.1, -0.05) is 0 Å². The Labute approximate surface area is 92.0 Å². The van der Waals surface area contributed by atoms with Crippen LogP contribution in [-0.4, -0.2) is 50.7 Å². The Morgan fingerprint density at radius 1 is 1.40 bits per heavy atom. The normalized spacial score (nSPS) is 19.7. The third kappa shape index (κ3) is 3.80.